The molecule has 0 unspecified atom stereocenters. The first-order chi connectivity index (χ1) is 9.84. The van der Waals surface area contributed by atoms with Gasteiger partial charge in [-0.3, -0.25) is 4.79 Å². The molecule has 0 aromatic carbocycles. The summed E-state index contributed by atoms with van der Waals surface area (Å²) in [6.45, 7) is 0.818. The van der Waals surface area contributed by atoms with Crippen molar-refractivity contribution >= 4 is 28.3 Å². The summed E-state index contributed by atoms with van der Waals surface area (Å²) in [7, 11) is 0. The lowest BCUT2D eigenvalue weighted by molar-refractivity contribution is -0.116. The summed E-state index contributed by atoms with van der Waals surface area (Å²) in [5.74, 6) is 0.674. The third-order valence-corrected chi connectivity index (χ3v) is 3.30. The number of hydrogen-bond acceptors (Lipinski definition) is 6. The topological polar surface area (TPSA) is 79.8 Å². The third-order valence-electron chi connectivity index (χ3n) is 2.61. The number of unbranched alkanes of at least 4 members (excludes halogenated alkanes) is 2. The fraction of sp³-hybridized carbons (Fsp3) is 0.385. The largest absolute Gasteiger partial charge is 0.354 e. The van der Waals surface area contributed by atoms with Gasteiger partial charge in [0, 0.05) is 36.9 Å². The molecule has 0 aliphatic carbocycles. The Kier molecular flexibility index (Phi) is 5.91. The highest BCUT2D eigenvalue weighted by Gasteiger charge is 2.03. The number of rotatable bonds is 8. The number of thiazole rings is 1. The quantitative estimate of drug-likeness (QED) is 0.731. The van der Waals surface area contributed by atoms with Crippen LogP contribution in [0.4, 0.5) is 11.1 Å². The van der Waals surface area contributed by atoms with Crippen LogP contribution in [-0.4, -0.2) is 27.4 Å². The molecular formula is C13H17N5OS. The molecule has 0 saturated carbocycles. The van der Waals surface area contributed by atoms with Gasteiger partial charge >= 0.3 is 0 Å². The molecule has 2 rings (SSSR count). The zero-order valence-electron chi connectivity index (χ0n) is 11.1. The average molecular weight is 291 g/mol. The Balaban J connectivity index is 1.50. The molecule has 106 valence electrons. The molecule has 0 aliphatic rings. The summed E-state index contributed by atoms with van der Waals surface area (Å²) in [5.41, 5.74) is 0. The van der Waals surface area contributed by atoms with Gasteiger partial charge in [-0.25, -0.2) is 15.0 Å². The van der Waals surface area contributed by atoms with E-state index in [0.717, 1.165) is 25.8 Å². The summed E-state index contributed by atoms with van der Waals surface area (Å²) in [6.07, 6.45) is 8.47. The fourth-order valence-corrected chi connectivity index (χ4v) is 2.19. The lowest BCUT2D eigenvalue weighted by atomic mass is 10.2. The zero-order valence-corrected chi connectivity index (χ0v) is 11.9. The molecule has 0 fully saturated rings. The van der Waals surface area contributed by atoms with Gasteiger partial charge in [-0.05, 0) is 18.9 Å². The van der Waals surface area contributed by atoms with Gasteiger partial charge in [-0.1, -0.05) is 6.42 Å². The van der Waals surface area contributed by atoms with Crippen molar-refractivity contribution in [1.29, 1.82) is 0 Å². The lowest BCUT2D eigenvalue weighted by Crippen LogP contribution is -2.11. The van der Waals surface area contributed by atoms with E-state index in [1.807, 2.05) is 5.38 Å². The zero-order chi connectivity index (χ0) is 14.0. The third kappa shape index (κ3) is 5.31. The molecule has 2 N–H and O–H groups in total. The summed E-state index contributed by atoms with van der Waals surface area (Å²) in [4.78, 5) is 23.7. The monoisotopic (exact) mass is 291 g/mol. The van der Waals surface area contributed by atoms with Crippen LogP contribution in [0.2, 0.25) is 0 Å². The van der Waals surface area contributed by atoms with Crippen LogP contribution in [0.5, 0.6) is 0 Å². The molecule has 7 heteroatoms. The first-order valence-electron chi connectivity index (χ1n) is 6.55. The lowest BCUT2D eigenvalue weighted by Gasteiger charge is -2.04. The summed E-state index contributed by atoms with van der Waals surface area (Å²) in [5, 5.41) is 8.41. The number of aromatic nitrogens is 3. The van der Waals surface area contributed by atoms with Gasteiger partial charge in [-0.15, -0.1) is 11.3 Å². The van der Waals surface area contributed by atoms with Crippen molar-refractivity contribution in [2.24, 2.45) is 0 Å². The second-order valence-corrected chi connectivity index (χ2v) is 5.09. The summed E-state index contributed by atoms with van der Waals surface area (Å²) in [6, 6.07) is 1.78. The molecule has 2 heterocycles. The van der Waals surface area contributed by atoms with Gasteiger partial charge in [0.05, 0.1) is 0 Å². The number of hydrogen-bond donors (Lipinski definition) is 2. The number of amides is 1. The number of carbonyl (C=O) groups excluding carboxylic acids is 1. The van der Waals surface area contributed by atoms with Crippen molar-refractivity contribution in [3.8, 4) is 0 Å². The van der Waals surface area contributed by atoms with Gasteiger partial charge in [0.25, 0.3) is 0 Å². The van der Waals surface area contributed by atoms with Crippen molar-refractivity contribution in [3.63, 3.8) is 0 Å². The summed E-state index contributed by atoms with van der Waals surface area (Å²) < 4.78 is 0. The van der Waals surface area contributed by atoms with E-state index in [9.17, 15) is 4.79 Å². The van der Waals surface area contributed by atoms with E-state index in [4.69, 9.17) is 0 Å². The maximum atomic E-state index is 11.6. The van der Waals surface area contributed by atoms with Gasteiger partial charge in [0.1, 0.15) is 0 Å². The van der Waals surface area contributed by atoms with E-state index in [-0.39, 0.29) is 5.91 Å². The second-order valence-electron chi connectivity index (χ2n) is 4.20. The summed E-state index contributed by atoms with van der Waals surface area (Å²) >= 11 is 1.43. The Hall–Kier alpha value is -2.02. The van der Waals surface area contributed by atoms with Crippen LogP contribution in [-0.2, 0) is 4.79 Å². The Morgan fingerprint density at radius 3 is 2.70 bits per heavy atom. The minimum Gasteiger partial charge on any atom is -0.354 e. The molecule has 0 spiro atoms. The van der Waals surface area contributed by atoms with Gasteiger partial charge in [0.15, 0.2) is 5.13 Å². The molecule has 0 radical (unpaired) electrons. The first kappa shape index (κ1) is 14.4. The Bertz CT molecular complexity index is 503. The van der Waals surface area contributed by atoms with E-state index in [0.29, 0.717) is 17.5 Å². The van der Waals surface area contributed by atoms with Gasteiger partial charge in [0.2, 0.25) is 11.9 Å². The Morgan fingerprint density at radius 2 is 1.95 bits per heavy atom. The van der Waals surface area contributed by atoms with E-state index in [1.54, 1.807) is 24.7 Å². The van der Waals surface area contributed by atoms with Crippen molar-refractivity contribution in [2.75, 3.05) is 17.2 Å². The standard InChI is InChI=1S/C13H17N5OS/c19-11(18-13-17-9-10-20-13)5-2-1-3-6-14-12-15-7-4-8-16-12/h4,7-10H,1-3,5-6H2,(H,14,15,16)(H,17,18,19). The predicted octanol–water partition coefficient (Wildman–Crippen LogP) is 2.54. The maximum Gasteiger partial charge on any atom is 0.226 e. The SMILES string of the molecule is O=C(CCCCCNc1ncccn1)Nc1nccs1. The minimum atomic E-state index is 0.0271. The second kappa shape index (κ2) is 8.21. The molecule has 20 heavy (non-hydrogen) atoms. The first-order valence-corrected chi connectivity index (χ1v) is 7.43. The van der Waals surface area contributed by atoms with Crippen molar-refractivity contribution in [1.82, 2.24) is 15.0 Å². The highest BCUT2D eigenvalue weighted by molar-refractivity contribution is 7.13. The molecular weight excluding hydrogens is 274 g/mol. The van der Waals surface area contributed by atoms with Crippen LogP contribution < -0.4 is 10.6 Å². The number of nitrogens with one attached hydrogen (secondary N) is 2. The Morgan fingerprint density at radius 1 is 1.10 bits per heavy atom. The minimum absolute atomic E-state index is 0.0271. The molecule has 0 aliphatic heterocycles. The van der Waals surface area contributed by atoms with Crippen LogP contribution in [0, 0.1) is 0 Å². The van der Waals surface area contributed by atoms with Crippen molar-refractivity contribution in [2.45, 2.75) is 25.7 Å². The molecule has 0 saturated heterocycles. The fourth-order valence-electron chi connectivity index (χ4n) is 1.64. The van der Waals surface area contributed by atoms with Crippen LogP contribution in [0.3, 0.4) is 0 Å². The highest BCUT2D eigenvalue weighted by atomic mass is 32.1. The predicted molar refractivity (Wildman–Crippen MR) is 79.7 cm³/mol. The van der Waals surface area contributed by atoms with Gasteiger partial charge < -0.3 is 10.6 Å². The maximum absolute atomic E-state index is 11.6. The van der Waals surface area contributed by atoms with Gasteiger partial charge in [-0.2, -0.15) is 0 Å². The average Bonchev–Trinajstić information content (AvgIpc) is 2.96. The molecule has 0 bridgehead atoms. The van der Waals surface area contributed by atoms with Crippen LogP contribution >= 0.6 is 11.3 Å². The van der Waals surface area contributed by atoms with E-state index in [2.05, 4.69) is 25.6 Å². The van der Waals surface area contributed by atoms with Crippen LogP contribution in [0.25, 0.3) is 0 Å². The number of anilines is 2. The van der Waals surface area contributed by atoms with E-state index < -0.39 is 0 Å². The van der Waals surface area contributed by atoms with Crippen molar-refractivity contribution < 1.29 is 4.79 Å². The normalized spacial score (nSPS) is 10.2. The smallest absolute Gasteiger partial charge is 0.226 e. The molecule has 1 amide bonds. The molecule has 6 nitrogen and oxygen atoms in total. The molecule has 2 aromatic rings. The number of carbonyl (C=O) groups is 1. The number of nitrogens with zero attached hydrogens (tertiary/aromatic N) is 3. The Labute approximate surface area is 121 Å². The molecule has 2 aromatic heterocycles. The van der Waals surface area contributed by atoms with Crippen LogP contribution in [0.15, 0.2) is 30.0 Å². The van der Waals surface area contributed by atoms with E-state index in [1.165, 1.54) is 11.3 Å². The molecule has 0 atom stereocenters. The van der Waals surface area contributed by atoms with E-state index >= 15 is 0 Å². The van der Waals surface area contributed by atoms with Crippen molar-refractivity contribution in [3.05, 3.63) is 30.0 Å². The van der Waals surface area contributed by atoms with Crippen LogP contribution in [0.1, 0.15) is 25.7 Å². The highest BCUT2D eigenvalue weighted by Crippen LogP contribution is 2.11.